The second-order valence-electron chi connectivity index (χ2n) is 5.41. The zero-order valence-electron chi connectivity index (χ0n) is 13.2. The van der Waals surface area contributed by atoms with Gasteiger partial charge in [-0.3, -0.25) is 9.59 Å². The number of hydrogen-bond donors (Lipinski definition) is 2. The maximum atomic E-state index is 12.7. The van der Waals surface area contributed by atoms with Crippen LogP contribution in [0.5, 0.6) is 5.75 Å². The molecule has 0 atom stereocenters. The van der Waals surface area contributed by atoms with Gasteiger partial charge in [-0.25, -0.2) is 0 Å². The van der Waals surface area contributed by atoms with Crippen molar-refractivity contribution in [2.45, 2.75) is 11.1 Å². The van der Waals surface area contributed by atoms with Gasteiger partial charge in [-0.15, -0.1) is 11.8 Å². The Kier molecular flexibility index (Phi) is 5.08. The first-order valence-corrected chi connectivity index (χ1v) is 8.46. The van der Waals surface area contributed by atoms with Crippen molar-refractivity contribution in [3.8, 4) is 5.75 Å². The van der Waals surface area contributed by atoms with E-state index in [-0.39, 0.29) is 11.7 Å². The minimum atomic E-state index is -4.48. The molecule has 2 aromatic carbocycles. The Bertz CT molecular complexity index is 855. The molecule has 3 rings (SSSR count). The minimum absolute atomic E-state index is 0.0518. The highest BCUT2D eigenvalue weighted by molar-refractivity contribution is 8.00. The molecule has 26 heavy (non-hydrogen) atoms. The Morgan fingerprint density at radius 2 is 2.04 bits per heavy atom. The van der Waals surface area contributed by atoms with Crippen LogP contribution in [0, 0.1) is 0 Å². The predicted molar refractivity (Wildman–Crippen MR) is 91.4 cm³/mol. The zero-order chi connectivity index (χ0) is 18.7. The van der Waals surface area contributed by atoms with E-state index in [1.165, 1.54) is 23.9 Å². The summed E-state index contributed by atoms with van der Waals surface area (Å²) in [7, 11) is 0. The molecule has 0 spiro atoms. The van der Waals surface area contributed by atoms with Crippen LogP contribution in [0.4, 0.5) is 24.5 Å². The number of ether oxygens (including phenoxy) is 1. The molecule has 0 saturated heterocycles. The Hall–Kier alpha value is -2.68. The van der Waals surface area contributed by atoms with Gasteiger partial charge in [0.15, 0.2) is 6.61 Å². The molecular formula is C17H13F3N2O3S. The monoisotopic (exact) mass is 382 g/mol. The van der Waals surface area contributed by atoms with E-state index in [0.717, 1.165) is 17.0 Å². The van der Waals surface area contributed by atoms with Gasteiger partial charge < -0.3 is 15.4 Å². The molecule has 5 nitrogen and oxygen atoms in total. The standard InChI is InChI=1S/C17H13F3N2O3S/c18-17(19,20)10-2-1-3-12(6-10)25-8-15(23)21-11-4-5-14-13(7-11)22-16(24)9-26-14/h1-7H,8-9H2,(H,21,23)(H,22,24). The maximum Gasteiger partial charge on any atom is 0.416 e. The molecule has 0 fully saturated rings. The lowest BCUT2D eigenvalue weighted by molar-refractivity contribution is -0.137. The summed E-state index contributed by atoms with van der Waals surface area (Å²) in [5.74, 6) is -0.371. The lowest BCUT2D eigenvalue weighted by Gasteiger charge is -2.17. The zero-order valence-corrected chi connectivity index (χ0v) is 14.0. The summed E-state index contributed by atoms with van der Waals surface area (Å²) in [5, 5.41) is 5.28. The molecule has 0 unspecified atom stereocenters. The normalized spacial score (nSPS) is 13.6. The number of carbonyl (C=O) groups is 2. The average molecular weight is 382 g/mol. The number of amides is 2. The molecule has 2 aromatic rings. The minimum Gasteiger partial charge on any atom is -0.484 e. The number of fused-ring (bicyclic) bond motifs is 1. The third-order valence-electron chi connectivity index (χ3n) is 3.43. The highest BCUT2D eigenvalue weighted by Crippen LogP contribution is 2.33. The van der Waals surface area contributed by atoms with Gasteiger partial charge >= 0.3 is 6.18 Å². The predicted octanol–water partition coefficient (Wildman–Crippen LogP) is 3.77. The van der Waals surface area contributed by atoms with E-state index < -0.39 is 24.3 Å². The van der Waals surface area contributed by atoms with Crippen molar-refractivity contribution >= 4 is 35.0 Å². The third-order valence-corrected chi connectivity index (χ3v) is 4.50. The fourth-order valence-electron chi connectivity index (χ4n) is 2.27. The van der Waals surface area contributed by atoms with Crippen molar-refractivity contribution in [1.82, 2.24) is 0 Å². The topological polar surface area (TPSA) is 67.4 Å². The molecule has 1 aliphatic rings. The molecule has 0 radical (unpaired) electrons. The van der Waals surface area contributed by atoms with E-state index in [2.05, 4.69) is 10.6 Å². The van der Waals surface area contributed by atoms with Crippen LogP contribution in [0.3, 0.4) is 0 Å². The molecule has 136 valence electrons. The van der Waals surface area contributed by atoms with Gasteiger partial charge in [0.2, 0.25) is 5.91 Å². The van der Waals surface area contributed by atoms with Gasteiger partial charge in [0, 0.05) is 10.6 Å². The van der Waals surface area contributed by atoms with Gasteiger partial charge in [-0.05, 0) is 36.4 Å². The quantitative estimate of drug-likeness (QED) is 0.845. The van der Waals surface area contributed by atoms with Crippen LogP contribution in [-0.2, 0) is 15.8 Å². The first kappa shape index (κ1) is 18.1. The number of benzene rings is 2. The van der Waals surface area contributed by atoms with Crippen LogP contribution in [0.25, 0.3) is 0 Å². The van der Waals surface area contributed by atoms with E-state index in [4.69, 9.17) is 4.74 Å². The molecule has 1 aliphatic heterocycles. The summed E-state index contributed by atoms with van der Waals surface area (Å²) in [4.78, 5) is 24.2. The van der Waals surface area contributed by atoms with Crippen LogP contribution < -0.4 is 15.4 Å². The van der Waals surface area contributed by atoms with Crippen molar-refractivity contribution in [3.63, 3.8) is 0 Å². The molecule has 1 heterocycles. The summed E-state index contributed by atoms with van der Waals surface area (Å²) in [6.07, 6.45) is -4.48. The van der Waals surface area contributed by atoms with Crippen molar-refractivity contribution in [1.29, 1.82) is 0 Å². The molecule has 0 saturated carbocycles. The van der Waals surface area contributed by atoms with Crippen LogP contribution in [0.2, 0.25) is 0 Å². The Morgan fingerprint density at radius 1 is 1.23 bits per heavy atom. The summed E-state index contributed by atoms with van der Waals surface area (Å²) in [6, 6.07) is 9.36. The smallest absolute Gasteiger partial charge is 0.416 e. The van der Waals surface area contributed by atoms with Crippen LogP contribution >= 0.6 is 11.8 Å². The van der Waals surface area contributed by atoms with Crippen molar-refractivity contribution in [3.05, 3.63) is 48.0 Å². The highest BCUT2D eigenvalue weighted by Gasteiger charge is 2.30. The second kappa shape index (κ2) is 7.28. The lowest BCUT2D eigenvalue weighted by Crippen LogP contribution is -2.21. The fraction of sp³-hybridized carbons (Fsp3) is 0.176. The summed E-state index contributed by atoms with van der Waals surface area (Å²) in [6.45, 7) is -0.445. The van der Waals surface area contributed by atoms with Crippen molar-refractivity contribution < 1.29 is 27.5 Å². The summed E-state index contributed by atoms with van der Waals surface area (Å²) in [5.41, 5.74) is 0.199. The summed E-state index contributed by atoms with van der Waals surface area (Å²) < 4.78 is 43.1. The molecule has 0 bridgehead atoms. The van der Waals surface area contributed by atoms with E-state index in [1.807, 2.05) is 0 Å². The van der Waals surface area contributed by atoms with E-state index >= 15 is 0 Å². The van der Waals surface area contributed by atoms with Crippen LogP contribution in [-0.4, -0.2) is 24.2 Å². The second-order valence-corrected chi connectivity index (χ2v) is 6.43. The van der Waals surface area contributed by atoms with E-state index in [1.54, 1.807) is 18.2 Å². The number of hydrogen-bond acceptors (Lipinski definition) is 4. The molecule has 9 heteroatoms. The van der Waals surface area contributed by atoms with E-state index in [9.17, 15) is 22.8 Å². The van der Waals surface area contributed by atoms with Crippen LogP contribution in [0.15, 0.2) is 47.4 Å². The maximum absolute atomic E-state index is 12.7. The van der Waals surface area contributed by atoms with Gasteiger partial charge in [0.05, 0.1) is 17.0 Å². The van der Waals surface area contributed by atoms with Crippen molar-refractivity contribution in [2.75, 3.05) is 23.0 Å². The fourth-order valence-corrected chi connectivity index (χ4v) is 3.06. The molecule has 2 amide bonds. The SMILES string of the molecule is O=C(COc1cccc(C(F)(F)F)c1)Nc1ccc2c(c1)NC(=O)CS2. The largest absolute Gasteiger partial charge is 0.484 e. The average Bonchev–Trinajstić information content (AvgIpc) is 2.59. The Morgan fingerprint density at radius 3 is 2.81 bits per heavy atom. The molecule has 0 aliphatic carbocycles. The lowest BCUT2D eigenvalue weighted by atomic mass is 10.2. The molecule has 2 N–H and O–H groups in total. The van der Waals surface area contributed by atoms with Gasteiger partial charge in [-0.1, -0.05) is 6.07 Å². The number of rotatable bonds is 4. The first-order chi connectivity index (χ1) is 12.3. The highest BCUT2D eigenvalue weighted by atomic mass is 32.2. The van der Waals surface area contributed by atoms with Crippen molar-refractivity contribution in [2.24, 2.45) is 0 Å². The van der Waals surface area contributed by atoms with Gasteiger partial charge in [0.25, 0.3) is 5.91 Å². The van der Waals surface area contributed by atoms with Gasteiger partial charge in [0.1, 0.15) is 5.75 Å². The number of alkyl halides is 3. The molecular weight excluding hydrogens is 369 g/mol. The number of halogens is 3. The number of nitrogens with one attached hydrogen (secondary N) is 2. The number of thioether (sulfide) groups is 1. The first-order valence-electron chi connectivity index (χ1n) is 7.48. The number of anilines is 2. The van der Waals surface area contributed by atoms with Gasteiger partial charge in [-0.2, -0.15) is 13.2 Å². The van der Waals surface area contributed by atoms with Crippen LogP contribution in [0.1, 0.15) is 5.56 Å². The number of carbonyl (C=O) groups excluding carboxylic acids is 2. The third kappa shape index (κ3) is 4.48. The molecule has 0 aromatic heterocycles. The Balaban J connectivity index is 1.60. The Labute approximate surface area is 150 Å². The summed E-state index contributed by atoms with van der Waals surface area (Å²) >= 11 is 1.39. The van der Waals surface area contributed by atoms with E-state index in [0.29, 0.717) is 17.1 Å².